The van der Waals surface area contributed by atoms with Crippen LogP contribution in [0, 0.1) is 0 Å². The van der Waals surface area contributed by atoms with Gasteiger partial charge in [-0.2, -0.15) is 0 Å². The number of hydrogen-bond acceptors (Lipinski definition) is 11. The van der Waals surface area contributed by atoms with Crippen LogP contribution in [0.3, 0.4) is 0 Å². The molecule has 0 radical (unpaired) electrons. The highest BCUT2D eigenvalue weighted by atomic mass is 16.7. The van der Waals surface area contributed by atoms with Gasteiger partial charge in [0.05, 0.1) is 6.61 Å². The van der Waals surface area contributed by atoms with Crippen LogP contribution >= 0.6 is 0 Å². The van der Waals surface area contributed by atoms with Gasteiger partial charge in [-0.3, -0.25) is 14.4 Å². The van der Waals surface area contributed by atoms with Gasteiger partial charge >= 0.3 is 23.9 Å². The maximum atomic E-state index is 13.0. The number of carbonyl (C=O) groups is 4. The van der Waals surface area contributed by atoms with Crippen molar-refractivity contribution in [3.05, 3.63) is 24.3 Å². The van der Waals surface area contributed by atoms with Crippen molar-refractivity contribution in [2.75, 3.05) is 13.2 Å². The molecule has 378 valence electrons. The maximum absolute atomic E-state index is 13.0. The summed E-state index contributed by atoms with van der Waals surface area (Å²) in [6.07, 6.45) is 33.2. The average molecular weight is 923 g/mol. The zero-order valence-electron chi connectivity index (χ0n) is 41.2. The van der Waals surface area contributed by atoms with Gasteiger partial charge in [-0.1, -0.05) is 199 Å². The zero-order valence-corrected chi connectivity index (χ0v) is 41.2. The van der Waals surface area contributed by atoms with Gasteiger partial charge in [-0.15, -0.1) is 0 Å². The van der Waals surface area contributed by atoms with Crippen LogP contribution < -0.4 is 0 Å². The number of esters is 3. The van der Waals surface area contributed by atoms with Gasteiger partial charge in [-0.05, 0) is 44.9 Å². The Bertz CT molecular complexity index is 1240. The number of carboxylic acids is 1. The predicted octanol–water partition coefficient (Wildman–Crippen LogP) is 12.3. The summed E-state index contributed by atoms with van der Waals surface area (Å²) in [4.78, 5) is 50.7. The lowest BCUT2D eigenvalue weighted by Crippen LogP contribution is -2.61. The third kappa shape index (κ3) is 33.3. The van der Waals surface area contributed by atoms with Crippen molar-refractivity contribution in [2.45, 2.75) is 276 Å². The Morgan fingerprint density at radius 3 is 1.45 bits per heavy atom. The summed E-state index contributed by atoms with van der Waals surface area (Å²) >= 11 is 0. The van der Waals surface area contributed by atoms with Crippen LogP contribution in [0.2, 0.25) is 0 Å². The first-order valence-electron chi connectivity index (χ1n) is 26.3. The molecule has 0 aromatic heterocycles. The fraction of sp³-hybridized carbons (Fsp3) is 0.849. The zero-order chi connectivity index (χ0) is 47.6. The van der Waals surface area contributed by atoms with E-state index in [1.807, 2.05) is 0 Å². The highest BCUT2D eigenvalue weighted by molar-refractivity contribution is 5.74. The Kier molecular flexibility index (Phi) is 39.4. The van der Waals surface area contributed by atoms with E-state index >= 15 is 0 Å². The molecule has 0 bridgehead atoms. The average Bonchev–Trinajstić information content (AvgIpc) is 3.29. The van der Waals surface area contributed by atoms with Gasteiger partial charge < -0.3 is 39.0 Å². The number of aliphatic carboxylic acids is 1. The smallest absolute Gasteiger partial charge is 0.335 e. The van der Waals surface area contributed by atoms with Gasteiger partial charge in [-0.25, -0.2) is 4.79 Å². The Morgan fingerprint density at radius 2 is 0.954 bits per heavy atom. The fourth-order valence-corrected chi connectivity index (χ4v) is 7.93. The van der Waals surface area contributed by atoms with Gasteiger partial charge in [0.15, 0.2) is 24.6 Å². The van der Waals surface area contributed by atoms with Gasteiger partial charge in [0.2, 0.25) is 0 Å². The van der Waals surface area contributed by atoms with E-state index in [0.717, 1.165) is 96.3 Å². The minimum atomic E-state index is -1.90. The van der Waals surface area contributed by atoms with Crippen LogP contribution in [-0.2, 0) is 42.9 Å². The number of rotatable bonds is 44. The molecule has 0 amide bonds. The summed E-state index contributed by atoms with van der Waals surface area (Å²) < 4.78 is 28.2. The van der Waals surface area contributed by atoms with Crippen molar-refractivity contribution in [1.29, 1.82) is 0 Å². The van der Waals surface area contributed by atoms with E-state index in [1.54, 1.807) is 0 Å². The molecule has 1 fully saturated rings. The number of allylic oxidation sites excluding steroid dienone is 4. The molecule has 12 heteroatoms. The van der Waals surface area contributed by atoms with Crippen molar-refractivity contribution in [2.24, 2.45) is 0 Å². The minimum absolute atomic E-state index is 0.0653. The van der Waals surface area contributed by atoms with Crippen LogP contribution in [0.1, 0.15) is 239 Å². The number of carboxylic acid groups (broad SMARTS) is 1. The number of aliphatic hydroxyl groups is 2. The van der Waals surface area contributed by atoms with E-state index in [4.69, 9.17) is 23.7 Å². The van der Waals surface area contributed by atoms with Crippen LogP contribution in [0.15, 0.2) is 24.3 Å². The van der Waals surface area contributed by atoms with E-state index in [-0.39, 0.29) is 25.9 Å². The molecule has 6 unspecified atom stereocenters. The fourth-order valence-electron chi connectivity index (χ4n) is 7.93. The Labute approximate surface area is 394 Å². The molecule has 0 saturated carbocycles. The second-order valence-corrected chi connectivity index (χ2v) is 18.2. The molecule has 1 saturated heterocycles. The monoisotopic (exact) mass is 923 g/mol. The SMILES string of the molecule is CCC/C=C\C/C=C\CCCCCCCC(=O)OCC(COC1OC(C(=O)O)C(O)C(O)C1OC(=O)CCCCCCCCCCCCCCC)OC(=O)CCCCCCCCCCC. The van der Waals surface area contributed by atoms with E-state index < -0.39 is 67.3 Å². The summed E-state index contributed by atoms with van der Waals surface area (Å²) in [6, 6.07) is 0. The molecule has 0 aromatic carbocycles. The van der Waals surface area contributed by atoms with E-state index in [2.05, 4.69) is 45.1 Å². The standard InChI is InChI=1S/C53H94O12/c1-4-7-10-13-16-19-21-23-25-28-30-33-36-39-45(54)61-42-44(63-46(55)40-37-34-31-27-18-15-12-9-6-3)43-62-53-51(49(58)48(57)50(65-53)52(59)60)64-47(56)41-38-35-32-29-26-24-22-20-17-14-11-8-5-2/h10,13,19,21,44,48-51,53,57-58H,4-9,11-12,14-18,20,22-43H2,1-3H3,(H,59,60)/b13-10-,21-19-. The van der Waals surface area contributed by atoms with Crippen molar-refractivity contribution >= 4 is 23.9 Å². The van der Waals surface area contributed by atoms with Crippen LogP contribution in [0.5, 0.6) is 0 Å². The predicted molar refractivity (Wildman–Crippen MR) is 257 cm³/mol. The van der Waals surface area contributed by atoms with Crippen LogP contribution in [-0.4, -0.2) is 89.2 Å². The van der Waals surface area contributed by atoms with Crippen molar-refractivity contribution < 1.29 is 58.2 Å². The summed E-state index contributed by atoms with van der Waals surface area (Å²) in [5.74, 6) is -3.12. The topological polar surface area (TPSA) is 175 Å². The number of unbranched alkanes of at least 4 members (excludes halogenated alkanes) is 26. The molecule has 3 N–H and O–H groups in total. The molecule has 0 spiro atoms. The third-order valence-corrected chi connectivity index (χ3v) is 12.0. The van der Waals surface area contributed by atoms with Gasteiger partial charge in [0.1, 0.15) is 18.8 Å². The number of ether oxygens (including phenoxy) is 5. The molecule has 0 aromatic rings. The molecular weight excluding hydrogens is 829 g/mol. The van der Waals surface area contributed by atoms with Crippen molar-refractivity contribution in [3.8, 4) is 0 Å². The minimum Gasteiger partial charge on any atom is -0.479 e. The Morgan fingerprint density at radius 1 is 0.508 bits per heavy atom. The quantitative estimate of drug-likeness (QED) is 0.0229. The highest BCUT2D eigenvalue weighted by Crippen LogP contribution is 2.26. The van der Waals surface area contributed by atoms with E-state index in [1.165, 1.54) is 83.5 Å². The van der Waals surface area contributed by atoms with E-state index in [0.29, 0.717) is 19.3 Å². The van der Waals surface area contributed by atoms with Crippen molar-refractivity contribution in [1.82, 2.24) is 0 Å². The molecule has 1 rings (SSSR count). The molecule has 1 heterocycles. The largest absolute Gasteiger partial charge is 0.479 e. The van der Waals surface area contributed by atoms with Crippen LogP contribution in [0.4, 0.5) is 0 Å². The van der Waals surface area contributed by atoms with Crippen molar-refractivity contribution in [3.63, 3.8) is 0 Å². The van der Waals surface area contributed by atoms with Gasteiger partial charge in [0, 0.05) is 19.3 Å². The normalized spacial score (nSPS) is 19.2. The summed E-state index contributed by atoms with van der Waals surface area (Å²) in [5, 5.41) is 31.3. The molecule has 1 aliphatic heterocycles. The van der Waals surface area contributed by atoms with E-state index in [9.17, 15) is 34.5 Å². The molecule has 0 aliphatic carbocycles. The lowest BCUT2D eigenvalue weighted by atomic mass is 9.98. The third-order valence-electron chi connectivity index (χ3n) is 12.0. The summed E-state index contributed by atoms with van der Waals surface area (Å²) in [6.45, 7) is 5.87. The number of aliphatic hydroxyl groups excluding tert-OH is 2. The first kappa shape index (κ1) is 60.2. The summed E-state index contributed by atoms with van der Waals surface area (Å²) in [7, 11) is 0. The number of hydrogen-bond donors (Lipinski definition) is 3. The van der Waals surface area contributed by atoms with Crippen LogP contribution in [0.25, 0.3) is 0 Å². The molecule has 1 aliphatic rings. The summed E-state index contributed by atoms with van der Waals surface area (Å²) in [5.41, 5.74) is 0. The number of carbonyl (C=O) groups excluding carboxylic acids is 3. The maximum Gasteiger partial charge on any atom is 0.335 e. The molecule has 65 heavy (non-hydrogen) atoms. The molecular formula is C53H94O12. The molecule has 6 atom stereocenters. The van der Waals surface area contributed by atoms with Gasteiger partial charge in [0.25, 0.3) is 0 Å². The first-order valence-corrected chi connectivity index (χ1v) is 26.3. The second-order valence-electron chi connectivity index (χ2n) is 18.2. The lowest BCUT2D eigenvalue weighted by Gasteiger charge is -2.40. The molecule has 12 nitrogen and oxygen atoms in total. The Hall–Kier alpha value is -2.80. The highest BCUT2D eigenvalue weighted by Gasteiger charge is 2.50. The second kappa shape index (κ2) is 42.5. The lowest BCUT2D eigenvalue weighted by molar-refractivity contribution is -0.301. The first-order chi connectivity index (χ1) is 31.6. The Balaban J connectivity index is 2.71.